The Hall–Kier alpha value is -1.29. The molecule has 76 valence electrons. The number of carbonyl (C=O) groups is 1. The Morgan fingerprint density at radius 3 is 3.07 bits per heavy atom. The normalized spacial score (nSPS) is 24.7. The predicted octanol–water partition coefficient (Wildman–Crippen LogP) is 1.13. The molecule has 1 aromatic heterocycles. The van der Waals surface area contributed by atoms with Crippen molar-refractivity contribution in [2.45, 2.75) is 12.3 Å². The smallest absolute Gasteiger partial charge is 0.373 e. The summed E-state index contributed by atoms with van der Waals surface area (Å²) >= 11 is 0. The van der Waals surface area contributed by atoms with E-state index in [-0.39, 0.29) is 5.76 Å². The van der Waals surface area contributed by atoms with E-state index in [0.717, 1.165) is 12.2 Å². The summed E-state index contributed by atoms with van der Waals surface area (Å²) in [6, 6.07) is 3.47. The number of nitrogens with two attached hydrogens (primary N) is 1. The Morgan fingerprint density at radius 2 is 2.50 bits per heavy atom. The number of hydrogen-bond donors (Lipinski definition) is 1. The van der Waals surface area contributed by atoms with E-state index in [9.17, 15) is 4.79 Å². The van der Waals surface area contributed by atoms with Gasteiger partial charge in [0.25, 0.3) is 0 Å². The Balaban J connectivity index is 2.07. The Labute approximate surface area is 82.0 Å². The van der Waals surface area contributed by atoms with Crippen LogP contribution in [0.3, 0.4) is 0 Å². The third-order valence-corrected chi connectivity index (χ3v) is 2.60. The van der Waals surface area contributed by atoms with Gasteiger partial charge in [-0.05, 0) is 31.0 Å². The summed E-state index contributed by atoms with van der Waals surface area (Å²) in [5.74, 6) is 1.61. The first kappa shape index (κ1) is 9.27. The van der Waals surface area contributed by atoms with Crippen LogP contribution in [0, 0.1) is 5.92 Å². The van der Waals surface area contributed by atoms with Crippen molar-refractivity contribution in [1.82, 2.24) is 0 Å². The zero-order valence-corrected chi connectivity index (χ0v) is 8.03. The topological polar surface area (TPSA) is 65.5 Å². The van der Waals surface area contributed by atoms with Crippen LogP contribution in [-0.4, -0.2) is 19.6 Å². The Kier molecular flexibility index (Phi) is 2.29. The molecule has 2 unspecified atom stereocenters. The van der Waals surface area contributed by atoms with E-state index >= 15 is 0 Å². The summed E-state index contributed by atoms with van der Waals surface area (Å²) in [6.07, 6.45) is 1.06. The predicted molar refractivity (Wildman–Crippen MR) is 49.9 cm³/mol. The van der Waals surface area contributed by atoms with Crippen LogP contribution in [0.25, 0.3) is 0 Å². The van der Waals surface area contributed by atoms with Crippen molar-refractivity contribution in [2.75, 3.05) is 13.7 Å². The molecule has 0 saturated heterocycles. The fourth-order valence-electron chi connectivity index (χ4n) is 1.62. The highest BCUT2D eigenvalue weighted by Crippen LogP contribution is 2.47. The lowest BCUT2D eigenvalue weighted by Gasteiger charge is -1.94. The zero-order chi connectivity index (χ0) is 10.1. The summed E-state index contributed by atoms with van der Waals surface area (Å²) in [5.41, 5.74) is 5.52. The van der Waals surface area contributed by atoms with Crippen molar-refractivity contribution in [2.24, 2.45) is 11.7 Å². The molecule has 1 aliphatic carbocycles. The minimum atomic E-state index is -0.429. The summed E-state index contributed by atoms with van der Waals surface area (Å²) < 4.78 is 9.91. The minimum absolute atomic E-state index is 0.269. The van der Waals surface area contributed by atoms with Gasteiger partial charge in [0, 0.05) is 5.92 Å². The molecule has 0 aromatic carbocycles. The van der Waals surface area contributed by atoms with Gasteiger partial charge >= 0.3 is 5.97 Å². The van der Waals surface area contributed by atoms with E-state index in [1.165, 1.54) is 7.11 Å². The second-order valence-corrected chi connectivity index (χ2v) is 3.53. The lowest BCUT2D eigenvalue weighted by Crippen LogP contribution is -2.01. The van der Waals surface area contributed by atoms with Crippen molar-refractivity contribution < 1.29 is 13.9 Å². The molecule has 4 heteroatoms. The molecule has 1 aliphatic rings. The number of carbonyl (C=O) groups excluding carboxylic acids is 1. The SMILES string of the molecule is COC(=O)c1ccc(C2CC2CN)o1. The van der Waals surface area contributed by atoms with Gasteiger partial charge in [0.15, 0.2) is 0 Å². The first-order valence-corrected chi connectivity index (χ1v) is 4.64. The van der Waals surface area contributed by atoms with Gasteiger partial charge < -0.3 is 14.9 Å². The molecular weight excluding hydrogens is 182 g/mol. The standard InChI is InChI=1S/C10H13NO3/c1-13-10(12)9-3-2-8(14-9)7-4-6(7)5-11/h2-3,6-7H,4-5,11H2,1H3. The van der Waals surface area contributed by atoms with E-state index in [4.69, 9.17) is 10.2 Å². The fourth-order valence-corrected chi connectivity index (χ4v) is 1.62. The summed E-state index contributed by atoms with van der Waals surface area (Å²) in [5, 5.41) is 0. The van der Waals surface area contributed by atoms with Crippen LogP contribution in [-0.2, 0) is 4.74 Å². The molecule has 4 nitrogen and oxygen atoms in total. The van der Waals surface area contributed by atoms with Crippen molar-refractivity contribution in [1.29, 1.82) is 0 Å². The van der Waals surface area contributed by atoms with Gasteiger partial charge in [-0.25, -0.2) is 4.79 Å². The van der Waals surface area contributed by atoms with Gasteiger partial charge in [-0.15, -0.1) is 0 Å². The highest BCUT2D eigenvalue weighted by Gasteiger charge is 2.39. The molecule has 0 bridgehead atoms. The number of ether oxygens (including phenoxy) is 1. The molecule has 1 fully saturated rings. The van der Waals surface area contributed by atoms with Crippen molar-refractivity contribution in [3.05, 3.63) is 23.7 Å². The molecule has 1 heterocycles. The van der Waals surface area contributed by atoms with Gasteiger partial charge in [-0.1, -0.05) is 0 Å². The molecule has 0 aliphatic heterocycles. The minimum Gasteiger partial charge on any atom is -0.463 e. The Morgan fingerprint density at radius 1 is 1.71 bits per heavy atom. The molecule has 14 heavy (non-hydrogen) atoms. The third-order valence-electron chi connectivity index (χ3n) is 2.60. The lowest BCUT2D eigenvalue weighted by molar-refractivity contribution is 0.0563. The van der Waals surface area contributed by atoms with Gasteiger partial charge in [0.1, 0.15) is 5.76 Å². The van der Waals surface area contributed by atoms with Crippen LogP contribution in [0.4, 0.5) is 0 Å². The molecule has 0 spiro atoms. The molecule has 2 atom stereocenters. The highest BCUT2D eigenvalue weighted by molar-refractivity contribution is 5.86. The second-order valence-electron chi connectivity index (χ2n) is 3.53. The van der Waals surface area contributed by atoms with Crippen LogP contribution < -0.4 is 5.73 Å². The van der Waals surface area contributed by atoms with Crippen molar-refractivity contribution in [3.63, 3.8) is 0 Å². The number of furan rings is 1. The molecule has 2 N–H and O–H groups in total. The average Bonchev–Trinajstić information content (AvgIpc) is 2.85. The van der Waals surface area contributed by atoms with E-state index < -0.39 is 5.97 Å². The highest BCUT2D eigenvalue weighted by atomic mass is 16.5. The number of rotatable bonds is 3. The van der Waals surface area contributed by atoms with Crippen LogP contribution in [0.1, 0.15) is 28.7 Å². The summed E-state index contributed by atoms with van der Waals surface area (Å²) in [7, 11) is 1.34. The maximum Gasteiger partial charge on any atom is 0.373 e. The van der Waals surface area contributed by atoms with Crippen LogP contribution >= 0.6 is 0 Å². The third kappa shape index (κ3) is 1.53. The summed E-state index contributed by atoms with van der Waals surface area (Å²) in [4.78, 5) is 11.1. The van der Waals surface area contributed by atoms with E-state index in [2.05, 4.69) is 4.74 Å². The monoisotopic (exact) mass is 195 g/mol. The molecule has 2 rings (SSSR count). The second kappa shape index (κ2) is 3.46. The lowest BCUT2D eigenvalue weighted by atomic mass is 10.2. The molecule has 0 amide bonds. The largest absolute Gasteiger partial charge is 0.463 e. The van der Waals surface area contributed by atoms with Gasteiger partial charge in [-0.3, -0.25) is 0 Å². The number of methoxy groups -OCH3 is 1. The Bertz CT molecular complexity index is 345. The quantitative estimate of drug-likeness (QED) is 0.734. The zero-order valence-electron chi connectivity index (χ0n) is 8.03. The van der Waals surface area contributed by atoms with Gasteiger partial charge in [0.2, 0.25) is 5.76 Å². The fraction of sp³-hybridized carbons (Fsp3) is 0.500. The van der Waals surface area contributed by atoms with Crippen LogP contribution in [0.5, 0.6) is 0 Å². The van der Waals surface area contributed by atoms with E-state index in [0.29, 0.717) is 18.4 Å². The van der Waals surface area contributed by atoms with Crippen molar-refractivity contribution in [3.8, 4) is 0 Å². The maximum absolute atomic E-state index is 11.1. The number of esters is 1. The maximum atomic E-state index is 11.1. The first-order valence-electron chi connectivity index (χ1n) is 4.64. The van der Waals surface area contributed by atoms with E-state index in [1.807, 2.05) is 6.07 Å². The van der Waals surface area contributed by atoms with Gasteiger partial charge in [0.05, 0.1) is 7.11 Å². The summed E-state index contributed by atoms with van der Waals surface area (Å²) in [6.45, 7) is 0.679. The van der Waals surface area contributed by atoms with Gasteiger partial charge in [-0.2, -0.15) is 0 Å². The van der Waals surface area contributed by atoms with E-state index in [1.54, 1.807) is 6.07 Å². The first-order chi connectivity index (χ1) is 6.76. The van der Waals surface area contributed by atoms with Crippen molar-refractivity contribution >= 4 is 5.97 Å². The molecular formula is C10H13NO3. The average molecular weight is 195 g/mol. The molecule has 0 radical (unpaired) electrons. The molecule has 1 aromatic rings. The molecule has 1 saturated carbocycles. The van der Waals surface area contributed by atoms with Crippen LogP contribution in [0.15, 0.2) is 16.5 Å². The van der Waals surface area contributed by atoms with Crippen LogP contribution in [0.2, 0.25) is 0 Å². The number of hydrogen-bond acceptors (Lipinski definition) is 4.